The van der Waals surface area contributed by atoms with Crippen LogP contribution in [0.1, 0.15) is 49.8 Å². The fourth-order valence-corrected chi connectivity index (χ4v) is 5.74. The lowest BCUT2D eigenvalue weighted by molar-refractivity contribution is -0.124. The van der Waals surface area contributed by atoms with Crippen molar-refractivity contribution in [1.29, 1.82) is 0 Å². The van der Waals surface area contributed by atoms with Crippen molar-refractivity contribution in [2.45, 2.75) is 69.5 Å². The number of alkyl halides is 3. The smallest absolute Gasteiger partial charge is 0.410 e. The van der Waals surface area contributed by atoms with Crippen molar-refractivity contribution in [2.75, 3.05) is 31.6 Å². The molecule has 19 heteroatoms. The summed E-state index contributed by atoms with van der Waals surface area (Å²) in [7, 11) is 0. The first-order valence-electron chi connectivity index (χ1n) is 16.8. The third-order valence-corrected chi connectivity index (χ3v) is 8.20. The molecule has 0 aliphatic carbocycles. The van der Waals surface area contributed by atoms with Crippen LogP contribution in [0.3, 0.4) is 0 Å². The molecule has 0 spiro atoms. The summed E-state index contributed by atoms with van der Waals surface area (Å²) in [5.74, 6) is -6.25. The van der Waals surface area contributed by atoms with Gasteiger partial charge >= 0.3 is 18.4 Å². The van der Waals surface area contributed by atoms with Crippen LogP contribution in [0.2, 0.25) is 0 Å². The van der Waals surface area contributed by atoms with Crippen molar-refractivity contribution in [3.63, 3.8) is 0 Å². The predicted octanol–water partition coefficient (Wildman–Crippen LogP) is 7.92. The molecule has 4 rings (SSSR count). The number of halogens is 7. The number of anilines is 1. The lowest BCUT2D eigenvalue weighted by atomic mass is 9.84. The van der Waals surface area contributed by atoms with Gasteiger partial charge in [-0.2, -0.15) is 13.2 Å². The van der Waals surface area contributed by atoms with E-state index < -0.39 is 90.4 Å². The van der Waals surface area contributed by atoms with E-state index in [2.05, 4.69) is 15.3 Å². The Morgan fingerprint density at radius 2 is 1.69 bits per heavy atom. The van der Waals surface area contributed by atoms with Gasteiger partial charge in [-0.1, -0.05) is 29.4 Å². The number of carbonyl (C=O) groups excluding carboxylic acids is 3. The molecule has 3 aromatic rings. The molecule has 1 aliphatic rings. The highest BCUT2D eigenvalue weighted by Gasteiger charge is 2.37. The van der Waals surface area contributed by atoms with Crippen LogP contribution >= 0.6 is 0 Å². The molecule has 55 heavy (non-hydrogen) atoms. The van der Waals surface area contributed by atoms with E-state index >= 15 is 4.39 Å². The normalized spacial score (nSPS) is 17.0. The minimum atomic E-state index is -4.67. The first-order chi connectivity index (χ1) is 25.8. The molecule has 12 nitrogen and oxygen atoms in total. The van der Waals surface area contributed by atoms with Gasteiger partial charge in [-0.25, -0.2) is 27.2 Å². The second-order valence-electron chi connectivity index (χ2n) is 13.5. The number of hydrogen-bond donors (Lipinski definition) is 2. The van der Waals surface area contributed by atoms with Gasteiger partial charge in [0.25, 0.3) is 0 Å². The maximum atomic E-state index is 15.4. The Bertz CT molecular complexity index is 1900. The van der Waals surface area contributed by atoms with Gasteiger partial charge in [0.15, 0.2) is 11.6 Å². The zero-order valence-electron chi connectivity index (χ0n) is 29.7. The number of nitrogens with one attached hydrogen (secondary N) is 2. The Labute approximate surface area is 310 Å². The summed E-state index contributed by atoms with van der Waals surface area (Å²) in [6.45, 7) is 2.26. The Balaban J connectivity index is 1.53. The molecular formula is C36H37F7N6O6. The number of azide groups is 1. The molecule has 0 radical (unpaired) electrons. The monoisotopic (exact) mass is 782 g/mol. The van der Waals surface area contributed by atoms with Gasteiger partial charge in [-0.05, 0) is 86.7 Å². The molecule has 296 valence electrons. The SMILES string of the molecule is CC(C)(C)OC(=O)N1C[C@@H](CCc2c(F)cccc2NC(=O)[C@@H](N=[N+]=[N-])[C@H](c2cccc(F)c2)c2ccc(F)c(F)c2)OC[C@H]1COC(=O)NCC(F)(F)F. The Hall–Kier alpha value is -5.55. The first kappa shape index (κ1) is 42.2. The van der Waals surface area contributed by atoms with Crippen LogP contribution < -0.4 is 10.6 Å². The van der Waals surface area contributed by atoms with Crippen LogP contribution in [0.15, 0.2) is 65.8 Å². The molecule has 1 fully saturated rings. The number of ether oxygens (including phenoxy) is 3. The minimum absolute atomic E-state index is 0.0221. The topological polar surface area (TPSA) is 155 Å². The Morgan fingerprint density at radius 3 is 2.35 bits per heavy atom. The van der Waals surface area contributed by atoms with Crippen LogP contribution in [-0.2, 0) is 25.4 Å². The summed E-state index contributed by atoms with van der Waals surface area (Å²) < 4.78 is 112. The number of alkyl carbamates (subject to hydrolysis) is 1. The molecule has 0 saturated carbocycles. The van der Waals surface area contributed by atoms with Crippen LogP contribution in [-0.4, -0.2) is 79.3 Å². The largest absolute Gasteiger partial charge is 0.447 e. The fourth-order valence-electron chi connectivity index (χ4n) is 5.74. The molecule has 0 unspecified atom stereocenters. The lowest BCUT2D eigenvalue weighted by Gasteiger charge is -2.39. The van der Waals surface area contributed by atoms with Gasteiger partial charge in [-0.3, -0.25) is 9.69 Å². The standard InChI is InChI=1S/C36H37F7N6O6/c1-35(2,3)55-34(52)49-16-24(53-17-23(49)18-54-33(51)45-19-36(41,42)43)11-12-25-26(38)8-5-9-29(25)46-32(50)31(47-48-44)30(20-6-4-7-22(37)14-20)21-10-13-27(39)28(40)15-21/h4-10,13-15,23-24,30-31H,11-12,16-19H2,1-3H3,(H,45,51)(H,46,50)/t23-,24+,30+,31-/m0/s1. The van der Waals surface area contributed by atoms with Crippen molar-refractivity contribution in [1.82, 2.24) is 10.2 Å². The molecule has 3 amide bonds. The highest BCUT2D eigenvalue weighted by atomic mass is 19.4. The fraction of sp³-hybridized carbons (Fsp3) is 0.417. The van der Waals surface area contributed by atoms with E-state index in [0.29, 0.717) is 0 Å². The maximum Gasteiger partial charge on any atom is 0.410 e. The van der Waals surface area contributed by atoms with E-state index in [0.717, 1.165) is 36.4 Å². The van der Waals surface area contributed by atoms with E-state index in [1.165, 1.54) is 29.2 Å². The third-order valence-electron chi connectivity index (χ3n) is 8.20. The van der Waals surface area contributed by atoms with Gasteiger partial charge in [0.05, 0.1) is 25.3 Å². The molecule has 0 aromatic heterocycles. The number of rotatable bonds is 12. The summed E-state index contributed by atoms with van der Waals surface area (Å²) in [5.41, 5.74) is 8.46. The summed E-state index contributed by atoms with van der Waals surface area (Å²) in [5, 5.41) is 7.71. The maximum absolute atomic E-state index is 15.4. The number of morpholine rings is 1. The highest BCUT2D eigenvalue weighted by Crippen LogP contribution is 2.33. The van der Waals surface area contributed by atoms with Crippen molar-refractivity contribution in [2.24, 2.45) is 5.11 Å². The average molecular weight is 783 g/mol. The van der Waals surface area contributed by atoms with Crippen LogP contribution in [0, 0.1) is 23.3 Å². The zero-order valence-corrected chi connectivity index (χ0v) is 29.7. The van der Waals surface area contributed by atoms with Gasteiger partial charge in [-0.15, -0.1) is 0 Å². The van der Waals surface area contributed by atoms with E-state index in [9.17, 15) is 46.3 Å². The number of amides is 3. The van der Waals surface area contributed by atoms with Crippen LogP contribution in [0.25, 0.3) is 10.4 Å². The molecule has 2 N–H and O–H groups in total. The van der Waals surface area contributed by atoms with Crippen molar-refractivity contribution >= 4 is 23.8 Å². The molecule has 1 aliphatic heterocycles. The second kappa shape index (κ2) is 18.2. The Morgan fingerprint density at radius 1 is 0.982 bits per heavy atom. The second-order valence-corrected chi connectivity index (χ2v) is 13.5. The van der Waals surface area contributed by atoms with Crippen LogP contribution in [0.5, 0.6) is 0 Å². The molecule has 1 heterocycles. The number of carbonyl (C=O) groups is 3. The quantitative estimate of drug-likeness (QED) is 0.0824. The molecule has 4 atom stereocenters. The zero-order chi connectivity index (χ0) is 40.5. The predicted molar refractivity (Wildman–Crippen MR) is 183 cm³/mol. The van der Waals surface area contributed by atoms with Crippen LogP contribution in [0.4, 0.5) is 46.0 Å². The summed E-state index contributed by atoms with van der Waals surface area (Å²) in [6.07, 6.45) is -7.70. The van der Waals surface area contributed by atoms with E-state index in [1.807, 2.05) is 0 Å². The van der Waals surface area contributed by atoms with Gasteiger partial charge in [0.1, 0.15) is 36.4 Å². The van der Waals surface area contributed by atoms with Crippen molar-refractivity contribution in [3.8, 4) is 0 Å². The molecule has 1 saturated heterocycles. The number of benzene rings is 3. The molecular weight excluding hydrogens is 745 g/mol. The first-order valence-corrected chi connectivity index (χ1v) is 16.8. The third kappa shape index (κ3) is 12.2. The van der Waals surface area contributed by atoms with Crippen molar-refractivity contribution < 1.29 is 59.3 Å². The number of hydrogen-bond acceptors (Lipinski definition) is 7. The van der Waals surface area contributed by atoms with E-state index in [1.54, 1.807) is 26.1 Å². The molecule has 0 bridgehead atoms. The molecule has 3 aromatic carbocycles. The minimum Gasteiger partial charge on any atom is -0.447 e. The Kier molecular flexibility index (Phi) is 14.0. The number of nitrogens with zero attached hydrogens (tertiary/aromatic N) is 4. The summed E-state index contributed by atoms with van der Waals surface area (Å²) in [4.78, 5) is 42.8. The van der Waals surface area contributed by atoms with Gasteiger partial charge in [0, 0.05) is 22.1 Å². The van der Waals surface area contributed by atoms with E-state index in [-0.39, 0.29) is 48.4 Å². The highest BCUT2D eigenvalue weighted by molar-refractivity contribution is 5.96. The average Bonchev–Trinajstić information content (AvgIpc) is 3.10. The summed E-state index contributed by atoms with van der Waals surface area (Å²) in [6, 6.07) is 8.73. The lowest BCUT2D eigenvalue weighted by Crippen LogP contribution is -2.55. The van der Waals surface area contributed by atoms with Gasteiger partial charge < -0.3 is 24.8 Å². The van der Waals surface area contributed by atoms with Crippen molar-refractivity contribution in [3.05, 3.63) is 111 Å². The van der Waals surface area contributed by atoms with Gasteiger partial charge in [0.2, 0.25) is 5.91 Å². The summed E-state index contributed by atoms with van der Waals surface area (Å²) >= 11 is 0. The van der Waals surface area contributed by atoms with E-state index in [4.69, 9.17) is 14.2 Å².